The lowest BCUT2D eigenvalue weighted by atomic mass is 10.0. The standard InChI is InChI=1S/C17H23NO2/c1-11(2)16(19)10-18-12(3)14-9-8-13-6-4-5-7-15(13)17(14)20/h4-9,11-12,16,18-20H,10H2,1-3H3. The zero-order chi connectivity index (χ0) is 14.7. The van der Waals surface area contributed by atoms with Crippen LogP contribution in [0.25, 0.3) is 10.8 Å². The molecule has 0 saturated heterocycles. The van der Waals surface area contributed by atoms with Crippen molar-refractivity contribution in [3.8, 4) is 5.75 Å². The maximum absolute atomic E-state index is 10.4. The fourth-order valence-corrected chi connectivity index (χ4v) is 2.26. The van der Waals surface area contributed by atoms with E-state index in [4.69, 9.17) is 0 Å². The summed E-state index contributed by atoms with van der Waals surface area (Å²) in [7, 11) is 0. The smallest absolute Gasteiger partial charge is 0.128 e. The highest BCUT2D eigenvalue weighted by molar-refractivity contribution is 5.89. The third-order valence-corrected chi connectivity index (χ3v) is 3.80. The van der Waals surface area contributed by atoms with Gasteiger partial charge in [0.25, 0.3) is 0 Å². The van der Waals surface area contributed by atoms with Crippen molar-refractivity contribution < 1.29 is 10.2 Å². The predicted octanol–water partition coefficient (Wildman–Crippen LogP) is 3.21. The van der Waals surface area contributed by atoms with Gasteiger partial charge in [0.05, 0.1) is 6.10 Å². The van der Waals surface area contributed by atoms with Gasteiger partial charge in [-0.25, -0.2) is 0 Å². The van der Waals surface area contributed by atoms with Crippen LogP contribution >= 0.6 is 0 Å². The van der Waals surface area contributed by atoms with E-state index in [2.05, 4.69) is 5.32 Å². The Kier molecular flexibility index (Phi) is 4.63. The molecule has 0 fully saturated rings. The van der Waals surface area contributed by atoms with Crippen LogP contribution in [0.15, 0.2) is 36.4 Å². The Morgan fingerprint density at radius 1 is 1.05 bits per heavy atom. The molecule has 2 atom stereocenters. The van der Waals surface area contributed by atoms with Crippen molar-refractivity contribution in [3.63, 3.8) is 0 Å². The van der Waals surface area contributed by atoms with Gasteiger partial charge in [-0.05, 0) is 18.2 Å². The van der Waals surface area contributed by atoms with Gasteiger partial charge >= 0.3 is 0 Å². The quantitative estimate of drug-likeness (QED) is 0.784. The van der Waals surface area contributed by atoms with Crippen LogP contribution in [0.4, 0.5) is 0 Å². The number of phenolic OH excluding ortho intramolecular Hbond substituents is 1. The van der Waals surface area contributed by atoms with E-state index in [1.807, 2.05) is 57.2 Å². The van der Waals surface area contributed by atoms with Crippen LogP contribution in [0.1, 0.15) is 32.4 Å². The molecule has 3 N–H and O–H groups in total. The molecular formula is C17H23NO2. The minimum Gasteiger partial charge on any atom is -0.507 e. The van der Waals surface area contributed by atoms with Gasteiger partial charge in [0, 0.05) is 23.5 Å². The molecule has 2 rings (SSSR count). The van der Waals surface area contributed by atoms with Crippen LogP contribution in [0.2, 0.25) is 0 Å². The van der Waals surface area contributed by atoms with E-state index in [0.29, 0.717) is 12.3 Å². The summed E-state index contributed by atoms with van der Waals surface area (Å²) in [5.74, 6) is 0.544. The molecule has 0 radical (unpaired) electrons. The number of aliphatic hydroxyl groups excluding tert-OH is 1. The van der Waals surface area contributed by atoms with Crippen molar-refractivity contribution in [3.05, 3.63) is 42.0 Å². The van der Waals surface area contributed by atoms with E-state index in [0.717, 1.165) is 16.3 Å². The number of aliphatic hydroxyl groups is 1. The van der Waals surface area contributed by atoms with Gasteiger partial charge in [0.1, 0.15) is 5.75 Å². The molecule has 2 aromatic carbocycles. The van der Waals surface area contributed by atoms with Gasteiger partial charge in [-0.2, -0.15) is 0 Å². The topological polar surface area (TPSA) is 52.5 Å². The van der Waals surface area contributed by atoms with Crippen LogP contribution in [0.5, 0.6) is 5.75 Å². The second-order valence-corrected chi connectivity index (χ2v) is 5.67. The Bertz CT molecular complexity index is 580. The molecule has 0 aliphatic heterocycles. The number of phenols is 1. The summed E-state index contributed by atoms with van der Waals surface area (Å²) in [6.07, 6.45) is -0.375. The van der Waals surface area contributed by atoms with Crippen molar-refractivity contribution in [1.29, 1.82) is 0 Å². The molecule has 0 aliphatic carbocycles. The zero-order valence-electron chi connectivity index (χ0n) is 12.3. The van der Waals surface area contributed by atoms with Gasteiger partial charge in [-0.1, -0.05) is 50.2 Å². The lowest BCUT2D eigenvalue weighted by Gasteiger charge is -2.20. The Hall–Kier alpha value is -1.58. The lowest BCUT2D eigenvalue weighted by molar-refractivity contribution is 0.120. The highest BCUT2D eigenvalue weighted by Crippen LogP contribution is 2.32. The van der Waals surface area contributed by atoms with Crippen LogP contribution in [-0.4, -0.2) is 22.9 Å². The number of fused-ring (bicyclic) bond motifs is 1. The molecule has 2 aromatic rings. The second-order valence-electron chi connectivity index (χ2n) is 5.67. The highest BCUT2D eigenvalue weighted by Gasteiger charge is 2.15. The normalized spacial score (nSPS) is 14.7. The summed E-state index contributed by atoms with van der Waals surface area (Å²) < 4.78 is 0. The molecule has 3 nitrogen and oxygen atoms in total. The van der Waals surface area contributed by atoms with Gasteiger partial charge in [0.2, 0.25) is 0 Å². The third-order valence-electron chi connectivity index (χ3n) is 3.80. The van der Waals surface area contributed by atoms with Crippen molar-refractivity contribution in [2.24, 2.45) is 5.92 Å². The number of benzene rings is 2. The lowest BCUT2D eigenvalue weighted by Crippen LogP contribution is -2.32. The Morgan fingerprint density at radius 3 is 2.45 bits per heavy atom. The van der Waals surface area contributed by atoms with E-state index in [9.17, 15) is 10.2 Å². The first-order valence-electron chi connectivity index (χ1n) is 7.12. The van der Waals surface area contributed by atoms with E-state index in [1.54, 1.807) is 0 Å². The van der Waals surface area contributed by atoms with E-state index in [1.165, 1.54) is 0 Å². The zero-order valence-corrected chi connectivity index (χ0v) is 12.3. The summed E-state index contributed by atoms with van der Waals surface area (Å²) in [6.45, 7) is 6.50. The molecule has 0 aromatic heterocycles. The first-order chi connectivity index (χ1) is 9.50. The van der Waals surface area contributed by atoms with Crippen LogP contribution in [0, 0.1) is 5.92 Å². The molecule has 0 saturated carbocycles. The molecule has 3 heteroatoms. The summed E-state index contributed by atoms with van der Waals surface area (Å²) in [5.41, 5.74) is 0.861. The van der Waals surface area contributed by atoms with Crippen molar-refractivity contribution in [2.45, 2.75) is 32.9 Å². The number of hydrogen-bond donors (Lipinski definition) is 3. The van der Waals surface area contributed by atoms with Crippen LogP contribution < -0.4 is 5.32 Å². The predicted molar refractivity (Wildman–Crippen MR) is 82.9 cm³/mol. The Balaban J connectivity index is 2.18. The molecule has 108 valence electrons. The van der Waals surface area contributed by atoms with Gasteiger partial charge in [0.15, 0.2) is 0 Å². The minimum absolute atomic E-state index is 0.00648. The number of nitrogens with one attached hydrogen (secondary N) is 1. The maximum Gasteiger partial charge on any atom is 0.128 e. The Morgan fingerprint density at radius 2 is 1.75 bits per heavy atom. The molecule has 0 amide bonds. The minimum atomic E-state index is -0.375. The molecule has 0 spiro atoms. The van der Waals surface area contributed by atoms with E-state index < -0.39 is 0 Å². The fourth-order valence-electron chi connectivity index (χ4n) is 2.26. The Labute approximate surface area is 120 Å². The largest absolute Gasteiger partial charge is 0.507 e. The summed E-state index contributed by atoms with van der Waals surface area (Å²) >= 11 is 0. The van der Waals surface area contributed by atoms with Crippen molar-refractivity contribution >= 4 is 10.8 Å². The average molecular weight is 273 g/mol. The summed E-state index contributed by atoms with van der Waals surface area (Å²) in [5, 5.41) is 25.4. The molecule has 0 bridgehead atoms. The maximum atomic E-state index is 10.4. The van der Waals surface area contributed by atoms with Crippen LogP contribution in [0.3, 0.4) is 0 Å². The molecular weight excluding hydrogens is 250 g/mol. The fraction of sp³-hybridized carbons (Fsp3) is 0.412. The molecule has 20 heavy (non-hydrogen) atoms. The highest BCUT2D eigenvalue weighted by atomic mass is 16.3. The molecule has 0 heterocycles. The number of rotatable bonds is 5. The molecule has 0 aliphatic rings. The average Bonchev–Trinajstić information content (AvgIpc) is 2.45. The first kappa shape index (κ1) is 14.8. The third kappa shape index (κ3) is 3.11. The van der Waals surface area contributed by atoms with E-state index in [-0.39, 0.29) is 18.1 Å². The monoisotopic (exact) mass is 273 g/mol. The number of hydrogen-bond acceptors (Lipinski definition) is 3. The van der Waals surface area contributed by atoms with Crippen molar-refractivity contribution in [1.82, 2.24) is 5.32 Å². The molecule has 2 unspecified atom stereocenters. The number of aromatic hydroxyl groups is 1. The SMILES string of the molecule is CC(NCC(O)C(C)C)c1ccc2ccccc2c1O. The van der Waals surface area contributed by atoms with Gasteiger partial charge < -0.3 is 15.5 Å². The van der Waals surface area contributed by atoms with Gasteiger partial charge in [-0.3, -0.25) is 0 Å². The summed E-state index contributed by atoms with van der Waals surface area (Å²) in [4.78, 5) is 0. The van der Waals surface area contributed by atoms with Crippen LogP contribution in [-0.2, 0) is 0 Å². The first-order valence-corrected chi connectivity index (χ1v) is 7.12. The van der Waals surface area contributed by atoms with E-state index >= 15 is 0 Å². The second kappa shape index (κ2) is 6.25. The summed E-state index contributed by atoms with van der Waals surface area (Å²) in [6, 6.07) is 11.7. The van der Waals surface area contributed by atoms with Gasteiger partial charge in [-0.15, -0.1) is 0 Å². The van der Waals surface area contributed by atoms with Crippen molar-refractivity contribution in [2.75, 3.05) is 6.54 Å².